The van der Waals surface area contributed by atoms with E-state index in [0.29, 0.717) is 21.2 Å². The summed E-state index contributed by atoms with van der Waals surface area (Å²) in [5.74, 6) is 0. The Bertz CT molecular complexity index is 356. The van der Waals surface area contributed by atoms with Crippen molar-refractivity contribution in [3.8, 4) is 0 Å². The third-order valence-electron chi connectivity index (χ3n) is 1.31. The quantitative estimate of drug-likeness (QED) is 0.348. The molecule has 0 bridgehead atoms. The van der Waals surface area contributed by atoms with Crippen molar-refractivity contribution in [1.29, 1.82) is 0 Å². The Morgan fingerprint density at radius 3 is 1.79 bits per heavy atom. The fourth-order valence-corrected chi connectivity index (χ4v) is 1.17. The van der Waals surface area contributed by atoms with Gasteiger partial charge in [0.25, 0.3) is 21.2 Å². The summed E-state index contributed by atoms with van der Waals surface area (Å²) in [4.78, 5) is 4.29. The molecule has 1 aromatic rings. The first kappa shape index (κ1) is 13.9. The first-order valence-corrected chi connectivity index (χ1v) is 9.50. The maximum absolute atomic E-state index is 10.4. The van der Waals surface area contributed by atoms with E-state index in [1.54, 1.807) is 12.1 Å². The lowest BCUT2D eigenvalue weighted by atomic mass is 10.2. The number of benzene rings is 1. The van der Waals surface area contributed by atoms with Crippen molar-refractivity contribution in [2.45, 2.75) is 11.8 Å². The second-order valence-electron chi connectivity index (χ2n) is 2.65. The summed E-state index contributed by atoms with van der Waals surface area (Å²) in [6.07, 6.45) is 0. The Kier molecular flexibility index (Phi) is 6.30. The number of halogens is 1. The molecule has 0 N–H and O–H groups in total. The van der Waals surface area contributed by atoms with E-state index in [-0.39, 0.29) is 4.90 Å². The summed E-state index contributed by atoms with van der Waals surface area (Å²) in [5.41, 5.74) is 0.928. The Hall–Kier alpha value is -0.140. The third kappa shape index (κ3) is 5.56. The summed E-state index contributed by atoms with van der Waals surface area (Å²) in [6, 6.07) is 5.78. The first-order chi connectivity index (χ1) is 6.41. The van der Waals surface area contributed by atoms with Crippen LogP contribution in [-0.4, -0.2) is 22.8 Å². The van der Waals surface area contributed by atoms with Gasteiger partial charge in [0, 0.05) is 0 Å². The van der Waals surface area contributed by atoms with Gasteiger partial charge in [-0.05, 0) is 19.1 Å². The average Bonchev–Trinajstić information content (AvgIpc) is 2.04. The molecule has 0 aliphatic rings. The lowest BCUT2D eigenvalue weighted by Gasteiger charge is -2.05. The van der Waals surface area contributed by atoms with Gasteiger partial charge in [-0.15, -0.1) is 0 Å². The van der Waals surface area contributed by atoms with E-state index in [1.807, 2.05) is 6.92 Å². The van der Waals surface area contributed by atoms with Gasteiger partial charge in [-0.1, -0.05) is 17.7 Å². The molecule has 3 nitrogen and oxygen atoms in total. The summed E-state index contributed by atoms with van der Waals surface area (Å²) >= 11 is 0.590. The number of hydrogen-bond acceptors (Lipinski definition) is 3. The van der Waals surface area contributed by atoms with Gasteiger partial charge in [-0.25, -0.2) is 8.42 Å². The Morgan fingerprint density at radius 2 is 1.50 bits per heavy atom. The van der Waals surface area contributed by atoms with E-state index < -0.39 is 10.1 Å². The zero-order chi connectivity index (χ0) is 11.2. The van der Waals surface area contributed by atoms with Gasteiger partial charge in [-0.2, -0.15) is 0 Å². The molecule has 0 radical (unpaired) electrons. The zero-order valence-electron chi connectivity index (χ0n) is 8.32. The molecule has 14 heavy (non-hydrogen) atoms. The Morgan fingerprint density at radius 1 is 1.14 bits per heavy atom. The monoisotopic (exact) mass is 328 g/mol. The van der Waals surface area contributed by atoms with E-state index >= 15 is 0 Å². The minimum atomic E-state index is -4.27. The predicted octanol–water partition coefficient (Wildman–Crippen LogP) is -1.77. The summed E-state index contributed by atoms with van der Waals surface area (Å²) in [6.45, 7) is 1.82. The molecule has 0 amide bonds. The molecule has 5 heteroatoms. The van der Waals surface area contributed by atoms with Crippen LogP contribution >= 0.6 is 0 Å². The first-order valence-electron chi connectivity index (χ1n) is 3.78. The van der Waals surface area contributed by atoms with Crippen LogP contribution in [0.15, 0.2) is 29.2 Å². The molecule has 0 saturated heterocycles. The van der Waals surface area contributed by atoms with Crippen LogP contribution < -0.4 is 21.2 Å². The second kappa shape index (κ2) is 6.36. The fraction of sp³-hybridized carbons (Fsp3) is 0.333. The third-order valence-corrected chi connectivity index (χ3v) is 2.16. The molecule has 0 atom stereocenters. The smallest absolute Gasteiger partial charge is 0.261 e. The summed E-state index contributed by atoms with van der Waals surface area (Å²) < 4.78 is 31.2. The van der Waals surface area contributed by atoms with Crippen LogP contribution in [0.1, 0.15) is 5.56 Å². The fourth-order valence-electron chi connectivity index (χ4n) is 0.705. The van der Waals surface area contributed by atoms with Gasteiger partial charge < -0.3 is 4.55 Å². The molecule has 80 valence electrons. The van der Waals surface area contributed by atoms with E-state index in [1.165, 1.54) is 12.1 Å². The molecular formula is C9H13IO3S. The number of rotatable bonds is 1. The molecule has 0 aromatic heterocycles. The molecule has 0 spiro atoms. The highest BCUT2D eigenvalue weighted by Gasteiger charge is 1.97. The largest absolute Gasteiger partial charge is 0.744 e. The highest BCUT2D eigenvalue weighted by atomic mass is 127. The normalized spacial score (nSPS) is 10.3. The van der Waals surface area contributed by atoms with Crippen LogP contribution in [0, 0.1) is 6.92 Å². The van der Waals surface area contributed by atoms with E-state index in [2.05, 4.69) is 9.86 Å². The molecule has 0 aliphatic carbocycles. The molecule has 1 aromatic carbocycles. The van der Waals surface area contributed by atoms with Crippen LogP contribution in [0.25, 0.3) is 0 Å². The van der Waals surface area contributed by atoms with E-state index in [9.17, 15) is 13.0 Å². The average molecular weight is 328 g/mol. The van der Waals surface area contributed by atoms with Crippen LogP contribution in [-0.2, 0) is 10.1 Å². The molecule has 0 aliphatic heterocycles. The van der Waals surface area contributed by atoms with Crippen LogP contribution in [0.5, 0.6) is 0 Å². The number of hydrogen-bond donors (Lipinski definition) is 0. The van der Waals surface area contributed by atoms with Crippen molar-refractivity contribution < 1.29 is 34.2 Å². The van der Waals surface area contributed by atoms with Crippen molar-refractivity contribution in [3.63, 3.8) is 0 Å². The summed E-state index contributed by atoms with van der Waals surface area (Å²) in [5, 5.41) is 0. The van der Waals surface area contributed by atoms with Gasteiger partial charge in [0.2, 0.25) is 0 Å². The van der Waals surface area contributed by atoms with Crippen molar-refractivity contribution in [1.82, 2.24) is 0 Å². The second-order valence-corrected chi connectivity index (χ2v) is 6.18. The molecule has 1 rings (SSSR count). The SMILES string of the molecule is C[I+]C.Cc1ccc(S(=O)(=O)[O-])cc1. The minimum Gasteiger partial charge on any atom is -0.744 e. The van der Waals surface area contributed by atoms with Crippen molar-refractivity contribution in [2.24, 2.45) is 0 Å². The van der Waals surface area contributed by atoms with Crippen LogP contribution in [0.4, 0.5) is 0 Å². The highest BCUT2D eigenvalue weighted by Crippen LogP contribution is 2.08. The van der Waals surface area contributed by atoms with Gasteiger partial charge in [0.05, 0.1) is 4.90 Å². The van der Waals surface area contributed by atoms with Gasteiger partial charge in [0.1, 0.15) is 20.0 Å². The highest BCUT2D eigenvalue weighted by molar-refractivity contribution is 7.85. The van der Waals surface area contributed by atoms with Crippen LogP contribution in [0.3, 0.4) is 0 Å². The predicted molar refractivity (Wildman–Crippen MR) is 51.0 cm³/mol. The lowest BCUT2D eigenvalue weighted by molar-refractivity contribution is -0.597. The minimum absolute atomic E-state index is 0.178. The Balaban J connectivity index is 0.000000500. The number of alkyl halides is 2. The molecule has 0 heterocycles. The van der Waals surface area contributed by atoms with Gasteiger partial charge >= 0.3 is 0 Å². The maximum atomic E-state index is 10.4. The van der Waals surface area contributed by atoms with E-state index in [4.69, 9.17) is 0 Å². The molecule has 0 fully saturated rings. The van der Waals surface area contributed by atoms with E-state index in [0.717, 1.165) is 5.56 Å². The Labute approximate surface area is 95.5 Å². The van der Waals surface area contributed by atoms with Crippen molar-refractivity contribution in [3.05, 3.63) is 29.8 Å². The topological polar surface area (TPSA) is 57.2 Å². The van der Waals surface area contributed by atoms with Crippen molar-refractivity contribution in [2.75, 3.05) is 9.86 Å². The van der Waals surface area contributed by atoms with Gasteiger partial charge in [-0.3, -0.25) is 0 Å². The molecule has 0 unspecified atom stereocenters. The number of aryl methyl sites for hydroxylation is 1. The van der Waals surface area contributed by atoms with Crippen molar-refractivity contribution >= 4 is 10.1 Å². The zero-order valence-corrected chi connectivity index (χ0v) is 11.3. The summed E-state index contributed by atoms with van der Waals surface area (Å²) in [7, 11) is -4.27. The van der Waals surface area contributed by atoms with Crippen LogP contribution in [0.2, 0.25) is 0 Å². The lowest BCUT2D eigenvalue weighted by Crippen LogP contribution is -3.59. The molecular weight excluding hydrogens is 315 g/mol. The maximum Gasteiger partial charge on any atom is 0.261 e. The van der Waals surface area contributed by atoms with Gasteiger partial charge in [0.15, 0.2) is 0 Å². The standard InChI is InChI=1S/C7H8O3S.C2H6I/c1-6-2-4-7(5-3-6)11(8,9)10;1-3-2/h2-5H,1H3,(H,8,9,10);1-2H3/q;+1/p-1. The molecule has 0 saturated carbocycles.